The molecule has 2 nitrogen and oxygen atoms in total. The number of aromatic nitrogens is 1. The maximum absolute atomic E-state index is 2.52. The van der Waals surface area contributed by atoms with E-state index in [2.05, 4.69) is 191 Å². The molecule has 230 valence electrons. The quantitative estimate of drug-likeness (QED) is 0.181. The first-order valence-corrected chi connectivity index (χ1v) is 17.5. The SMILES string of the molecule is c1ccc(-c2ccccc2N(c2cccc3c2sc2c4ccccc4ccc32)c2cccc3c4ccccc4n(-c4ccccc4)c23)cc1. The van der Waals surface area contributed by atoms with Crippen LogP contribution in [0.2, 0.25) is 0 Å². The standard InChI is InChI=1S/C46H30N2S/c1-3-15-31(16-4-1)34-20-9-11-25-40(34)48(43-28-14-24-38-39-30-29-32-17-7-8-21-35(32)45(39)49-46(38)43)42-27-13-23-37-36-22-10-12-26-41(36)47(44(37)42)33-18-5-2-6-19-33/h1-30H. The predicted molar refractivity (Wildman–Crippen MR) is 211 cm³/mol. The molecule has 0 aliphatic heterocycles. The molecular weight excluding hydrogens is 613 g/mol. The maximum Gasteiger partial charge on any atom is 0.0782 e. The fraction of sp³-hybridized carbons (Fsp3) is 0. The van der Waals surface area contributed by atoms with Gasteiger partial charge in [0, 0.05) is 37.5 Å². The minimum Gasteiger partial charge on any atom is -0.307 e. The van der Waals surface area contributed by atoms with E-state index in [0.29, 0.717) is 0 Å². The summed E-state index contributed by atoms with van der Waals surface area (Å²) in [5.41, 5.74) is 9.34. The second-order valence-electron chi connectivity index (χ2n) is 12.5. The van der Waals surface area contributed by atoms with Crippen LogP contribution in [0.15, 0.2) is 182 Å². The van der Waals surface area contributed by atoms with Crippen LogP contribution in [0.4, 0.5) is 17.1 Å². The van der Waals surface area contributed by atoms with Gasteiger partial charge in [0.15, 0.2) is 0 Å². The summed E-state index contributed by atoms with van der Waals surface area (Å²) >= 11 is 1.90. The van der Waals surface area contributed by atoms with Crippen molar-refractivity contribution in [3.05, 3.63) is 182 Å². The first-order valence-electron chi connectivity index (χ1n) is 16.7. The van der Waals surface area contributed by atoms with E-state index in [9.17, 15) is 0 Å². The molecule has 0 radical (unpaired) electrons. The molecule has 3 heteroatoms. The Balaban J connectivity index is 1.36. The van der Waals surface area contributed by atoms with Gasteiger partial charge in [-0.05, 0) is 52.7 Å². The molecule has 0 aliphatic rings. The lowest BCUT2D eigenvalue weighted by molar-refractivity contribution is 1.17. The van der Waals surface area contributed by atoms with Crippen molar-refractivity contribution >= 4 is 81.1 Å². The second-order valence-corrected chi connectivity index (χ2v) is 13.5. The number of hydrogen-bond donors (Lipinski definition) is 0. The van der Waals surface area contributed by atoms with E-state index in [0.717, 1.165) is 17.1 Å². The van der Waals surface area contributed by atoms with E-state index in [-0.39, 0.29) is 0 Å². The van der Waals surface area contributed by atoms with Crippen LogP contribution in [-0.2, 0) is 0 Å². The van der Waals surface area contributed by atoms with Gasteiger partial charge in [-0.1, -0.05) is 146 Å². The van der Waals surface area contributed by atoms with Crippen LogP contribution in [0.5, 0.6) is 0 Å². The smallest absolute Gasteiger partial charge is 0.0782 e. The zero-order valence-corrected chi connectivity index (χ0v) is 27.4. The van der Waals surface area contributed by atoms with Gasteiger partial charge in [-0.2, -0.15) is 0 Å². The summed E-state index contributed by atoms with van der Waals surface area (Å²) in [4.78, 5) is 2.52. The number of nitrogens with zero attached hydrogens (tertiary/aromatic N) is 2. The number of anilines is 3. The minimum atomic E-state index is 1.13. The van der Waals surface area contributed by atoms with E-state index in [1.54, 1.807) is 0 Å². The van der Waals surface area contributed by atoms with E-state index < -0.39 is 0 Å². The topological polar surface area (TPSA) is 8.17 Å². The first kappa shape index (κ1) is 27.9. The van der Waals surface area contributed by atoms with Gasteiger partial charge >= 0.3 is 0 Å². The highest BCUT2D eigenvalue weighted by molar-refractivity contribution is 7.27. The number of fused-ring (bicyclic) bond motifs is 8. The molecule has 0 atom stereocenters. The fourth-order valence-electron chi connectivity index (χ4n) is 7.63. The van der Waals surface area contributed by atoms with Crippen molar-refractivity contribution in [1.29, 1.82) is 0 Å². The molecule has 8 aromatic carbocycles. The monoisotopic (exact) mass is 642 g/mol. The summed E-state index contributed by atoms with van der Waals surface area (Å²) in [5, 5.41) is 7.62. The Bertz CT molecular complexity index is 2830. The average Bonchev–Trinajstić information content (AvgIpc) is 3.73. The molecule has 0 spiro atoms. The fourth-order valence-corrected chi connectivity index (χ4v) is 8.97. The Morgan fingerprint density at radius 3 is 1.86 bits per heavy atom. The Morgan fingerprint density at radius 1 is 0.388 bits per heavy atom. The molecule has 10 rings (SSSR count). The summed E-state index contributed by atoms with van der Waals surface area (Å²) in [6, 6.07) is 66.1. The average molecular weight is 643 g/mol. The van der Waals surface area contributed by atoms with Crippen molar-refractivity contribution in [3.63, 3.8) is 0 Å². The molecule has 0 bridgehead atoms. The van der Waals surface area contributed by atoms with Gasteiger partial charge in [0.25, 0.3) is 0 Å². The number of rotatable bonds is 5. The van der Waals surface area contributed by atoms with Crippen molar-refractivity contribution in [3.8, 4) is 16.8 Å². The highest BCUT2D eigenvalue weighted by Gasteiger charge is 2.25. The largest absolute Gasteiger partial charge is 0.307 e. The molecule has 49 heavy (non-hydrogen) atoms. The van der Waals surface area contributed by atoms with Crippen LogP contribution in [0, 0.1) is 0 Å². The van der Waals surface area contributed by atoms with E-state index in [1.807, 2.05) is 11.3 Å². The van der Waals surface area contributed by atoms with Crippen LogP contribution >= 0.6 is 11.3 Å². The molecule has 0 saturated carbocycles. The van der Waals surface area contributed by atoms with Gasteiger partial charge in [0.05, 0.1) is 32.8 Å². The lowest BCUT2D eigenvalue weighted by Crippen LogP contribution is -2.13. The zero-order valence-electron chi connectivity index (χ0n) is 26.6. The normalized spacial score (nSPS) is 11.7. The lowest BCUT2D eigenvalue weighted by atomic mass is 10.0. The van der Waals surface area contributed by atoms with Gasteiger partial charge in [0.2, 0.25) is 0 Å². The highest BCUT2D eigenvalue weighted by Crippen LogP contribution is 2.50. The van der Waals surface area contributed by atoms with Crippen molar-refractivity contribution < 1.29 is 0 Å². The Hall–Kier alpha value is -6.16. The molecule has 0 unspecified atom stereocenters. The van der Waals surface area contributed by atoms with Crippen LogP contribution in [-0.4, -0.2) is 4.57 Å². The zero-order chi connectivity index (χ0) is 32.3. The number of benzene rings is 8. The van der Waals surface area contributed by atoms with Gasteiger partial charge < -0.3 is 9.47 Å². The van der Waals surface area contributed by atoms with Crippen molar-refractivity contribution in [1.82, 2.24) is 4.57 Å². The minimum absolute atomic E-state index is 1.13. The molecular formula is C46H30N2S. The van der Waals surface area contributed by atoms with Crippen LogP contribution in [0.1, 0.15) is 0 Å². The predicted octanol–water partition coefficient (Wildman–Crippen LogP) is 13.4. The first-order chi connectivity index (χ1) is 24.3. The van der Waals surface area contributed by atoms with Crippen molar-refractivity contribution in [2.24, 2.45) is 0 Å². The summed E-state index contributed by atoms with van der Waals surface area (Å²) in [6.07, 6.45) is 0. The number of para-hydroxylation sites is 4. The van der Waals surface area contributed by atoms with E-state index in [1.165, 1.54) is 69.6 Å². The van der Waals surface area contributed by atoms with Gasteiger partial charge in [0.1, 0.15) is 0 Å². The third-order valence-electron chi connectivity index (χ3n) is 9.77. The van der Waals surface area contributed by atoms with Crippen LogP contribution in [0.3, 0.4) is 0 Å². The molecule has 0 amide bonds. The summed E-state index contributed by atoms with van der Waals surface area (Å²) in [5.74, 6) is 0. The molecule has 0 N–H and O–H groups in total. The van der Waals surface area contributed by atoms with Gasteiger partial charge in [-0.15, -0.1) is 11.3 Å². The highest BCUT2D eigenvalue weighted by atomic mass is 32.1. The molecule has 2 heterocycles. The molecule has 0 fully saturated rings. The van der Waals surface area contributed by atoms with Crippen LogP contribution in [0.25, 0.3) is 69.6 Å². The Kier molecular flexibility index (Phi) is 6.39. The molecule has 0 saturated heterocycles. The molecule has 2 aromatic heterocycles. The van der Waals surface area contributed by atoms with Gasteiger partial charge in [-0.3, -0.25) is 0 Å². The Morgan fingerprint density at radius 2 is 1.00 bits per heavy atom. The Labute approximate surface area is 288 Å². The third kappa shape index (κ3) is 4.33. The summed E-state index contributed by atoms with van der Waals surface area (Å²) in [7, 11) is 0. The van der Waals surface area contributed by atoms with Crippen molar-refractivity contribution in [2.75, 3.05) is 4.90 Å². The molecule has 0 aliphatic carbocycles. The summed E-state index contributed by atoms with van der Waals surface area (Å²) < 4.78 is 5.04. The summed E-state index contributed by atoms with van der Waals surface area (Å²) in [6.45, 7) is 0. The van der Waals surface area contributed by atoms with Crippen LogP contribution < -0.4 is 4.90 Å². The lowest BCUT2D eigenvalue weighted by Gasteiger charge is -2.29. The number of hydrogen-bond acceptors (Lipinski definition) is 2. The third-order valence-corrected chi connectivity index (χ3v) is 11.0. The number of thiophene rings is 1. The maximum atomic E-state index is 2.52. The van der Waals surface area contributed by atoms with E-state index in [4.69, 9.17) is 0 Å². The van der Waals surface area contributed by atoms with Crippen molar-refractivity contribution in [2.45, 2.75) is 0 Å². The van der Waals surface area contributed by atoms with Gasteiger partial charge in [-0.25, -0.2) is 0 Å². The second kappa shape index (κ2) is 11.2. The molecule has 10 aromatic rings. The van der Waals surface area contributed by atoms with E-state index >= 15 is 0 Å².